The van der Waals surface area contributed by atoms with E-state index in [1.54, 1.807) is 24.5 Å². The first-order chi connectivity index (χ1) is 11.3. The summed E-state index contributed by atoms with van der Waals surface area (Å²) in [6, 6.07) is 9.88. The van der Waals surface area contributed by atoms with Gasteiger partial charge < -0.3 is 10.2 Å². The summed E-state index contributed by atoms with van der Waals surface area (Å²) in [6.45, 7) is 4.25. The van der Waals surface area contributed by atoms with Crippen molar-refractivity contribution in [1.29, 1.82) is 0 Å². The molecule has 0 saturated carbocycles. The van der Waals surface area contributed by atoms with E-state index in [0.29, 0.717) is 5.56 Å². The molecular weight excluding hydrogens is 286 g/mol. The second-order valence-corrected chi connectivity index (χ2v) is 5.94. The SMILES string of the molecule is CCc1ccc(N2CCCCC2)c(NC(=O)c2ccncc2)c1. The average molecular weight is 309 g/mol. The number of hydrogen-bond donors (Lipinski definition) is 1. The van der Waals surface area contributed by atoms with Gasteiger partial charge in [0.1, 0.15) is 0 Å². The van der Waals surface area contributed by atoms with Gasteiger partial charge in [-0.3, -0.25) is 9.78 Å². The molecule has 0 unspecified atom stereocenters. The predicted molar refractivity (Wildman–Crippen MR) is 94.1 cm³/mol. The van der Waals surface area contributed by atoms with Crippen molar-refractivity contribution in [3.8, 4) is 0 Å². The number of amides is 1. The lowest BCUT2D eigenvalue weighted by Crippen LogP contribution is -2.30. The van der Waals surface area contributed by atoms with Crippen LogP contribution in [0.25, 0.3) is 0 Å². The van der Waals surface area contributed by atoms with Gasteiger partial charge in [-0.2, -0.15) is 0 Å². The number of rotatable bonds is 4. The lowest BCUT2D eigenvalue weighted by molar-refractivity contribution is 0.102. The van der Waals surface area contributed by atoms with Crippen LogP contribution in [-0.2, 0) is 6.42 Å². The third-order valence-corrected chi connectivity index (χ3v) is 4.36. The van der Waals surface area contributed by atoms with Gasteiger partial charge in [-0.1, -0.05) is 13.0 Å². The van der Waals surface area contributed by atoms with Gasteiger partial charge in [0.05, 0.1) is 11.4 Å². The van der Waals surface area contributed by atoms with Crippen molar-refractivity contribution in [1.82, 2.24) is 4.98 Å². The summed E-state index contributed by atoms with van der Waals surface area (Å²) in [6.07, 6.45) is 7.97. The molecule has 0 atom stereocenters. The highest BCUT2D eigenvalue weighted by Crippen LogP contribution is 2.30. The van der Waals surface area contributed by atoms with Crippen molar-refractivity contribution in [3.05, 3.63) is 53.9 Å². The first-order valence-corrected chi connectivity index (χ1v) is 8.37. The normalized spacial score (nSPS) is 14.6. The Hall–Kier alpha value is -2.36. The number of carbonyl (C=O) groups is 1. The maximum atomic E-state index is 12.5. The van der Waals surface area contributed by atoms with E-state index >= 15 is 0 Å². The molecule has 1 amide bonds. The van der Waals surface area contributed by atoms with Crippen LogP contribution in [0.4, 0.5) is 11.4 Å². The lowest BCUT2D eigenvalue weighted by Gasteiger charge is -2.31. The zero-order chi connectivity index (χ0) is 16.1. The van der Waals surface area contributed by atoms with Crippen LogP contribution in [0.1, 0.15) is 42.1 Å². The monoisotopic (exact) mass is 309 g/mol. The van der Waals surface area contributed by atoms with Gasteiger partial charge in [0, 0.05) is 31.0 Å². The van der Waals surface area contributed by atoms with Crippen LogP contribution in [0, 0.1) is 0 Å². The molecule has 1 aliphatic heterocycles. The summed E-state index contributed by atoms with van der Waals surface area (Å²) in [7, 11) is 0. The number of benzene rings is 1. The Bertz CT molecular complexity index is 664. The van der Waals surface area contributed by atoms with E-state index in [1.165, 1.54) is 24.8 Å². The number of nitrogens with zero attached hydrogens (tertiary/aromatic N) is 2. The molecule has 1 aromatic carbocycles. The molecule has 0 bridgehead atoms. The molecular formula is C19H23N3O. The molecule has 2 aromatic rings. The molecule has 3 rings (SSSR count). The zero-order valence-electron chi connectivity index (χ0n) is 13.6. The van der Waals surface area contributed by atoms with Gasteiger partial charge in [0.15, 0.2) is 0 Å². The van der Waals surface area contributed by atoms with Crippen molar-refractivity contribution in [2.75, 3.05) is 23.3 Å². The molecule has 0 spiro atoms. The second-order valence-electron chi connectivity index (χ2n) is 5.94. The number of aryl methyl sites for hydroxylation is 1. The van der Waals surface area contributed by atoms with E-state index in [1.807, 2.05) is 0 Å². The molecule has 1 saturated heterocycles. The van der Waals surface area contributed by atoms with E-state index in [2.05, 4.69) is 40.3 Å². The highest BCUT2D eigenvalue weighted by molar-refractivity contribution is 6.05. The summed E-state index contributed by atoms with van der Waals surface area (Å²) in [4.78, 5) is 18.8. The number of carbonyl (C=O) groups excluding carboxylic acids is 1. The maximum Gasteiger partial charge on any atom is 0.255 e. The fourth-order valence-corrected chi connectivity index (χ4v) is 3.01. The van der Waals surface area contributed by atoms with Crippen LogP contribution in [0.5, 0.6) is 0 Å². The van der Waals surface area contributed by atoms with Gasteiger partial charge in [0.25, 0.3) is 5.91 Å². The Morgan fingerprint density at radius 1 is 1.13 bits per heavy atom. The fraction of sp³-hybridized carbons (Fsp3) is 0.368. The largest absolute Gasteiger partial charge is 0.370 e. The molecule has 120 valence electrons. The lowest BCUT2D eigenvalue weighted by atomic mass is 10.1. The Morgan fingerprint density at radius 2 is 1.87 bits per heavy atom. The first-order valence-electron chi connectivity index (χ1n) is 8.37. The van der Waals surface area contributed by atoms with Crippen LogP contribution >= 0.6 is 0 Å². The number of nitrogens with one attached hydrogen (secondary N) is 1. The average Bonchev–Trinajstić information content (AvgIpc) is 2.63. The molecule has 0 aliphatic carbocycles. The van der Waals surface area contributed by atoms with Gasteiger partial charge in [-0.25, -0.2) is 0 Å². The molecule has 4 nitrogen and oxygen atoms in total. The van der Waals surface area contributed by atoms with Crippen LogP contribution in [0.15, 0.2) is 42.7 Å². The van der Waals surface area contributed by atoms with Crippen LogP contribution in [-0.4, -0.2) is 24.0 Å². The highest BCUT2D eigenvalue weighted by atomic mass is 16.1. The molecule has 2 heterocycles. The Labute approximate surface area is 137 Å². The van der Waals surface area contributed by atoms with Crippen molar-refractivity contribution in [2.45, 2.75) is 32.6 Å². The second kappa shape index (κ2) is 7.27. The number of aromatic nitrogens is 1. The third kappa shape index (κ3) is 3.70. The van der Waals surface area contributed by atoms with E-state index in [4.69, 9.17) is 0 Å². The summed E-state index contributed by atoms with van der Waals surface area (Å²) in [5.41, 5.74) is 3.90. The number of hydrogen-bond acceptors (Lipinski definition) is 3. The van der Waals surface area contributed by atoms with E-state index < -0.39 is 0 Å². The van der Waals surface area contributed by atoms with Gasteiger partial charge in [-0.05, 0) is 55.5 Å². The molecule has 1 fully saturated rings. The molecule has 0 radical (unpaired) electrons. The van der Waals surface area contributed by atoms with Gasteiger partial charge in [-0.15, -0.1) is 0 Å². The summed E-state index contributed by atoms with van der Waals surface area (Å²) in [5.74, 6) is -0.0843. The maximum absolute atomic E-state index is 12.5. The zero-order valence-corrected chi connectivity index (χ0v) is 13.6. The Morgan fingerprint density at radius 3 is 2.57 bits per heavy atom. The van der Waals surface area contributed by atoms with E-state index in [9.17, 15) is 4.79 Å². The van der Waals surface area contributed by atoms with Crippen molar-refractivity contribution in [2.24, 2.45) is 0 Å². The van der Waals surface area contributed by atoms with E-state index in [-0.39, 0.29) is 5.91 Å². The van der Waals surface area contributed by atoms with Crippen LogP contribution in [0.3, 0.4) is 0 Å². The number of anilines is 2. The van der Waals surface area contributed by atoms with Crippen molar-refractivity contribution in [3.63, 3.8) is 0 Å². The highest BCUT2D eigenvalue weighted by Gasteiger charge is 2.16. The quantitative estimate of drug-likeness (QED) is 0.932. The minimum Gasteiger partial charge on any atom is -0.370 e. The smallest absolute Gasteiger partial charge is 0.255 e. The standard InChI is InChI=1S/C19H23N3O/c1-2-15-6-7-18(22-12-4-3-5-13-22)17(14-15)21-19(23)16-8-10-20-11-9-16/h6-11,14H,2-5,12-13H2,1H3,(H,21,23). The summed E-state index contributed by atoms with van der Waals surface area (Å²) >= 11 is 0. The van der Waals surface area contributed by atoms with Crippen LogP contribution < -0.4 is 10.2 Å². The van der Waals surface area contributed by atoms with Gasteiger partial charge in [0.2, 0.25) is 0 Å². The topological polar surface area (TPSA) is 45.2 Å². The van der Waals surface area contributed by atoms with E-state index in [0.717, 1.165) is 30.9 Å². The van der Waals surface area contributed by atoms with Gasteiger partial charge >= 0.3 is 0 Å². The fourth-order valence-electron chi connectivity index (χ4n) is 3.01. The Balaban J connectivity index is 1.87. The predicted octanol–water partition coefficient (Wildman–Crippen LogP) is 3.89. The molecule has 1 aromatic heterocycles. The minimum absolute atomic E-state index is 0.0843. The van der Waals surface area contributed by atoms with Crippen molar-refractivity contribution < 1.29 is 4.79 Å². The molecule has 1 aliphatic rings. The third-order valence-electron chi connectivity index (χ3n) is 4.36. The molecule has 4 heteroatoms. The van der Waals surface area contributed by atoms with Crippen molar-refractivity contribution >= 4 is 17.3 Å². The number of pyridine rings is 1. The Kier molecular flexibility index (Phi) is 4.91. The van der Waals surface area contributed by atoms with Crippen LogP contribution in [0.2, 0.25) is 0 Å². The summed E-state index contributed by atoms with van der Waals surface area (Å²) < 4.78 is 0. The minimum atomic E-state index is -0.0843. The summed E-state index contributed by atoms with van der Waals surface area (Å²) in [5, 5.41) is 3.09. The molecule has 1 N–H and O–H groups in total. The first kappa shape index (κ1) is 15.5. The molecule has 23 heavy (non-hydrogen) atoms. The number of piperidine rings is 1.